The van der Waals surface area contributed by atoms with Crippen LogP contribution in [0.3, 0.4) is 0 Å². The molecule has 1 aromatic rings. The SMILES string of the molecule is NC(=O)c1cc2n(n1)CC1(CNC2)CC(=O)NC1=O. The van der Waals surface area contributed by atoms with Gasteiger partial charge in [0.15, 0.2) is 0 Å². The van der Waals surface area contributed by atoms with Gasteiger partial charge in [0.05, 0.1) is 17.7 Å². The molecular weight excluding hydrogens is 250 g/mol. The Bertz CT molecular complexity index is 593. The maximum Gasteiger partial charge on any atom is 0.269 e. The number of nitrogens with two attached hydrogens (primary N) is 1. The third kappa shape index (κ3) is 1.80. The van der Waals surface area contributed by atoms with Crippen molar-refractivity contribution < 1.29 is 14.4 Å². The van der Waals surface area contributed by atoms with Crippen LogP contribution in [-0.4, -0.2) is 34.0 Å². The Morgan fingerprint density at radius 3 is 2.89 bits per heavy atom. The highest BCUT2D eigenvalue weighted by Gasteiger charge is 2.48. The standard InChI is InChI=1S/C11H13N5O3/c12-9(18)7-1-6-3-13-4-11(5-16(6)15-7)2-8(17)14-10(11)19/h1,13H,2-5H2,(H2,12,18)(H,14,17,19). The van der Waals surface area contributed by atoms with Crippen LogP contribution in [0.1, 0.15) is 22.6 Å². The summed E-state index contributed by atoms with van der Waals surface area (Å²) < 4.78 is 1.58. The number of primary amides is 1. The summed E-state index contributed by atoms with van der Waals surface area (Å²) in [6.07, 6.45) is 0.129. The van der Waals surface area contributed by atoms with Crippen LogP contribution in [0.25, 0.3) is 0 Å². The molecule has 0 saturated carbocycles. The van der Waals surface area contributed by atoms with Crippen LogP contribution in [0.15, 0.2) is 6.07 Å². The van der Waals surface area contributed by atoms with E-state index in [4.69, 9.17) is 5.73 Å². The van der Waals surface area contributed by atoms with Gasteiger partial charge >= 0.3 is 0 Å². The molecule has 3 amide bonds. The van der Waals surface area contributed by atoms with Crippen LogP contribution < -0.4 is 16.4 Å². The van der Waals surface area contributed by atoms with E-state index < -0.39 is 11.3 Å². The summed E-state index contributed by atoms with van der Waals surface area (Å²) in [6, 6.07) is 1.60. The minimum atomic E-state index is -0.830. The number of nitrogens with zero attached hydrogens (tertiary/aromatic N) is 2. The summed E-state index contributed by atoms with van der Waals surface area (Å²) in [6.45, 7) is 1.14. The molecule has 8 heteroatoms. The third-order valence-corrected chi connectivity index (χ3v) is 3.57. The van der Waals surface area contributed by atoms with Gasteiger partial charge in [0, 0.05) is 19.5 Å². The van der Waals surface area contributed by atoms with Crippen molar-refractivity contribution in [2.45, 2.75) is 19.5 Å². The van der Waals surface area contributed by atoms with E-state index in [1.165, 1.54) is 0 Å². The molecule has 0 aliphatic carbocycles. The molecule has 19 heavy (non-hydrogen) atoms. The van der Waals surface area contributed by atoms with Crippen molar-refractivity contribution in [3.8, 4) is 0 Å². The van der Waals surface area contributed by atoms with Crippen LogP contribution >= 0.6 is 0 Å². The maximum absolute atomic E-state index is 12.0. The van der Waals surface area contributed by atoms with E-state index in [0.29, 0.717) is 13.1 Å². The lowest BCUT2D eigenvalue weighted by Gasteiger charge is -2.22. The number of aromatic nitrogens is 2. The zero-order chi connectivity index (χ0) is 13.6. The molecule has 0 bridgehead atoms. The van der Waals surface area contributed by atoms with Crippen molar-refractivity contribution in [3.05, 3.63) is 17.5 Å². The first-order valence-electron chi connectivity index (χ1n) is 5.92. The molecule has 1 spiro atoms. The molecule has 8 nitrogen and oxygen atoms in total. The lowest BCUT2D eigenvalue weighted by Crippen LogP contribution is -2.41. The number of carbonyl (C=O) groups is 3. The van der Waals surface area contributed by atoms with E-state index in [1.54, 1.807) is 10.7 Å². The van der Waals surface area contributed by atoms with Gasteiger partial charge in [-0.2, -0.15) is 5.10 Å². The van der Waals surface area contributed by atoms with Gasteiger partial charge in [-0.05, 0) is 6.07 Å². The molecule has 4 N–H and O–H groups in total. The normalized spacial score (nSPS) is 26.1. The number of nitrogens with one attached hydrogen (secondary N) is 2. The largest absolute Gasteiger partial charge is 0.364 e. The number of hydrogen-bond acceptors (Lipinski definition) is 5. The van der Waals surface area contributed by atoms with Gasteiger partial charge in [0.25, 0.3) is 5.91 Å². The fourth-order valence-corrected chi connectivity index (χ4v) is 2.59. The number of carbonyl (C=O) groups excluding carboxylic acids is 3. The monoisotopic (exact) mass is 263 g/mol. The minimum absolute atomic E-state index is 0.129. The molecule has 1 unspecified atom stereocenters. The molecule has 1 atom stereocenters. The quantitative estimate of drug-likeness (QED) is 0.512. The molecule has 0 radical (unpaired) electrons. The lowest BCUT2D eigenvalue weighted by molar-refractivity contribution is -0.129. The van der Waals surface area contributed by atoms with E-state index in [-0.39, 0.29) is 30.5 Å². The molecular formula is C11H13N5O3. The van der Waals surface area contributed by atoms with Gasteiger partial charge in [-0.1, -0.05) is 0 Å². The second-order valence-electron chi connectivity index (χ2n) is 4.98. The van der Waals surface area contributed by atoms with Crippen LogP contribution in [0.5, 0.6) is 0 Å². The topological polar surface area (TPSA) is 119 Å². The zero-order valence-electron chi connectivity index (χ0n) is 10.1. The second-order valence-corrected chi connectivity index (χ2v) is 4.98. The Morgan fingerprint density at radius 2 is 2.26 bits per heavy atom. The molecule has 0 aromatic carbocycles. The highest BCUT2D eigenvalue weighted by atomic mass is 16.2. The average Bonchev–Trinajstić information content (AvgIpc) is 2.77. The first-order chi connectivity index (χ1) is 9.00. The van der Waals surface area contributed by atoms with Crippen LogP contribution in [0.4, 0.5) is 0 Å². The Balaban J connectivity index is 1.98. The van der Waals surface area contributed by atoms with Crippen molar-refractivity contribution in [2.24, 2.45) is 11.1 Å². The number of rotatable bonds is 1. The number of fused-ring (bicyclic) bond motifs is 1. The van der Waals surface area contributed by atoms with E-state index >= 15 is 0 Å². The van der Waals surface area contributed by atoms with Gasteiger partial charge in [0.1, 0.15) is 5.69 Å². The van der Waals surface area contributed by atoms with Crippen molar-refractivity contribution in [2.75, 3.05) is 6.54 Å². The summed E-state index contributed by atoms with van der Waals surface area (Å²) >= 11 is 0. The van der Waals surface area contributed by atoms with Gasteiger partial charge in [-0.15, -0.1) is 0 Å². The Hall–Kier alpha value is -2.22. The lowest BCUT2D eigenvalue weighted by atomic mass is 9.86. The predicted molar refractivity (Wildman–Crippen MR) is 62.7 cm³/mol. The maximum atomic E-state index is 12.0. The van der Waals surface area contributed by atoms with Gasteiger partial charge in [0.2, 0.25) is 11.8 Å². The van der Waals surface area contributed by atoms with Gasteiger partial charge < -0.3 is 11.1 Å². The average molecular weight is 263 g/mol. The second kappa shape index (κ2) is 3.89. The van der Waals surface area contributed by atoms with Crippen molar-refractivity contribution in [3.63, 3.8) is 0 Å². The van der Waals surface area contributed by atoms with Crippen LogP contribution in [-0.2, 0) is 22.7 Å². The minimum Gasteiger partial charge on any atom is -0.364 e. The van der Waals surface area contributed by atoms with E-state index in [2.05, 4.69) is 15.7 Å². The summed E-state index contributed by atoms with van der Waals surface area (Å²) in [5.41, 5.74) is 5.30. The molecule has 3 rings (SSSR count). The van der Waals surface area contributed by atoms with E-state index in [0.717, 1.165) is 5.69 Å². The fourth-order valence-electron chi connectivity index (χ4n) is 2.59. The predicted octanol–water partition coefficient (Wildman–Crippen LogP) is -1.88. The molecule has 100 valence electrons. The molecule has 2 aliphatic rings. The van der Waals surface area contributed by atoms with E-state index in [9.17, 15) is 14.4 Å². The Labute approximate surface area is 108 Å². The first kappa shape index (κ1) is 11.8. The molecule has 3 heterocycles. The van der Waals surface area contributed by atoms with Crippen LogP contribution in [0.2, 0.25) is 0 Å². The Kier molecular flexibility index (Phi) is 2.42. The van der Waals surface area contributed by atoms with Crippen molar-refractivity contribution in [1.82, 2.24) is 20.4 Å². The molecule has 1 saturated heterocycles. The Morgan fingerprint density at radius 1 is 1.47 bits per heavy atom. The summed E-state index contributed by atoms with van der Waals surface area (Å²) in [5.74, 6) is -1.19. The van der Waals surface area contributed by atoms with Gasteiger partial charge in [-0.25, -0.2) is 0 Å². The number of amides is 3. The summed E-state index contributed by atoms with van der Waals surface area (Å²) in [7, 11) is 0. The molecule has 2 aliphatic heterocycles. The number of imide groups is 1. The van der Waals surface area contributed by atoms with Gasteiger partial charge in [-0.3, -0.25) is 24.4 Å². The fraction of sp³-hybridized carbons (Fsp3) is 0.455. The summed E-state index contributed by atoms with van der Waals surface area (Å²) in [4.78, 5) is 34.5. The van der Waals surface area contributed by atoms with E-state index in [1.807, 2.05) is 0 Å². The zero-order valence-corrected chi connectivity index (χ0v) is 10.1. The third-order valence-electron chi connectivity index (χ3n) is 3.57. The highest BCUT2D eigenvalue weighted by Crippen LogP contribution is 2.31. The first-order valence-corrected chi connectivity index (χ1v) is 5.92. The number of hydrogen-bond donors (Lipinski definition) is 3. The van der Waals surface area contributed by atoms with Crippen molar-refractivity contribution >= 4 is 17.7 Å². The molecule has 1 aromatic heterocycles. The smallest absolute Gasteiger partial charge is 0.269 e. The molecule has 1 fully saturated rings. The highest BCUT2D eigenvalue weighted by molar-refractivity contribution is 6.06. The van der Waals surface area contributed by atoms with Crippen LogP contribution in [0, 0.1) is 5.41 Å². The van der Waals surface area contributed by atoms with Crippen molar-refractivity contribution in [1.29, 1.82) is 0 Å². The summed E-state index contributed by atoms with van der Waals surface area (Å²) in [5, 5.41) is 9.53.